The number of aromatic nitrogens is 1. The molecule has 1 aliphatic heterocycles. The van der Waals surface area contributed by atoms with Crippen LogP contribution in [0.15, 0.2) is 68.6 Å². The van der Waals surface area contributed by atoms with E-state index in [1.54, 1.807) is 12.3 Å². The van der Waals surface area contributed by atoms with Crippen LogP contribution in [0.4, 0.5) is 0 Å². The predicted molar refractivity (Wildman–Crippen MR) is 97.4 cm³/mol. The van der Waals surface area contributed by atoms with Crippen LogP contribution in [0.1, 0.15) is 11.3 Å². The first-order valence-corrected chi connectivity index (χ1v) is 10.0. The second kappa shape index (κ2) is 6.40. The van der Waals surface area contributed by atoms with Crippen molar-refractivity contribution in [1.29, 1.82) is 0 Å². The van der Waals surface area contributed by atoms with E-state index >= 15 is 0 Å². The molecule has 0 saturated heterocycles. The van der Waals surface area contributed by atoms with Crippen molar-refractivity contribution in [1.82, 2.24) is 9.29 Å². The minimum atomic E-state index is -3.60. The third kappa shape index (κ3) is 3.15. The van der Waals surface area contributed by atoms with Gasteiger partial charge in [-0.05, 0) is 40.0 Å². The fourth-order valence-electron chi connectivity index (χ4n) is 2.93. The van der Waals surface area contributed by atoms with Crippen molar-refractivity contribution < 1.29 is 12.8 Å². The maximum atomic E-state index is 12.8. The molecule has 0 amide bonds. The number of furan rings is 1. The van der Waals surface area contributed by atoms with Gasteiger partial charge in [-0.1, -0.05) is 30.3 Å². The molecule has 0 atom stereocenters. The third-order valence-electron chi connectivity index (χ3n) is 4.22. The first-order valence-electron chi connectivity index (χ1n) is 7.82. The Labute approximate surface area is 154 Å². The molecule has 128 valence electrons. The summed E-state index contributed by atoms with van der Waals surface area (Å²) in [7, 11) is -3.60. The smallest absolute Gasteiger partial charge is 0.245 e. The normalized spacial score (nSPS) is 15.1. The molecule has 0 radical (unpaired) electrons. The molecule has 0 fully saturated rings. The number of halogens is 1. The molecule has 25 heavy (non-hydrogen) atoms. The molecule has 2 aromatic heterocycles. The molecule has 0 bridgehead atoms. The maximum Gasteiger partial charge on any atom is 0.245 e. The molecule has 4 rings (SSSR count). The molecular formula is C18H15BrN2O3S. The van der Waals surface area contributed by atoms with Crippen molar-refractivity contribution in [2.75, 3.05) is 6.54 Å². The summed E-state index contributed by atoms with van der Waals surface area (Å²) in [6.45, 7) is 0.659. The molecule has 1 aromatic carbocycles. The third-order valence-corrected chi connectivity index (χ3v) is 6.47. The molecule has 3 aromatic rings. The average molecular weight is 419 g/mol. The fraction of sp³-hybridized carbons (Fsp3) is 0.167. The van der Waals surface area contributed by atoms with Gasteiger partial charge in [-0.2, -0.15) is 4.31 Å². The van der Waals surface area contributed by atoms with Crippen LogP contribution >= 0.6 is 15.9 Å². The zero-order valence-corrected chi connectivity index (χ0v) is 15.6. The van der Waals surface area contributed by atoms with Gasteiger partial charge in [-0.3, -0.25) is 4.98 Å². The lowest BCUT2D eigenvalue weighted by Gasteiger charge is -2.25. The number of sulfonamides is 1. The topological polar surface area (TPSA) is 63.4 Å². The van der Waals surface area contributed by atoms with E-state index in [1.165, 1.54) is 10.5 Å². The van der Waals surface area contributed by atoms with Crippen LogP contribution in [0.5, 0.6) is 0 Å². The van der Waals surface area contributed by atoms with Crippen molar-refractivity contribution >= 4 is 26.0 Å². The van der Waals surface area contributed by atoms with Gasteiger partial charge in [-0.25, -0.2) is 8.42 Å². The number of rotatable bonds is 3. The van der Waals surface area contributed by atoms with Gasteiger partial charge in [0.1, 0.15) is 16.4 Å². The van der Waals surface area contributed by atoms with Crippen molar-refractivity contribution in [3.8, 4) is 11.3 Å². The van der Waals surface area contributed by atoms with E-state index in [9.17, 15) is 8.42 Å². The highest BCUT2D eigenvalue weighted by molar-refractivity contribution is 9.10. The monoisotopic (exact) mass is 418 g/mol. The van der Waals surface area contributed by atoms with Crippen LogP contribution in [-0.2, 0) is 23.0 Å². The lowest BCUT2D eigenvalue weighted by Crippen LogP contribution is -2.35. The minimum Gasteiger partial charge on any atom is -0.459 e. The van der Waals surface area contributed by atoms with Crippen molar-refractivity contribution in [3.05, 3.63) is 70.7 Å². The van der Waals surface area contributed by atoms with Gasteiger partial charge < -0.3 is 4.42 Å². The Bertz CT molecular complexity index is 1020. The van der Waals surface area contributed by atoms with E-state index in [0.29, 0.717) is 23.2 Å². The Kier molecular flexibility index (Phi) is 4.23. The summed E-state index contributed by atoms with van der Waals surface area (Å²) in [6, 6.07) is 13.4. The molecule has 7 heteroatoms. The Morgan fingerprint density at radius 1 is 1.12 bits per heavy atom. The number of fused-ring (bicyclic) bond motifs is 1. The SMILES string of the molecule is O=S(=O)(c1cncc(Br)c1)N1CCc2cc(-c3ccccc3)oc2C1. The molecule has 0 N–H and O–H groups in total. The molecule has 3 heterocycles. The highest BCUT2D eigenvalue weighted by atomic mass is 79.9. The molecular weight excluding hydrogens is 404 g/mol. The van der Waals surface area contributed by atoms with E-state index < -0.39 is 10.0 Å². The Balaban J connectivity index is 1.64. The van der Waals surface area contributed by atoms with Gasteiger partial charge in [0.2, 0.25) is 10.0 Å². The van der Waals surface area contributed by atoms with E-state index in [0.717, 1.165) is 16.9 Å². The average Bonchev–Trinajstić information content (AvgIpc) is 3.06. The molecule has 1 aliphatic rings. The zero-order chi connectivity index (χ0) is 17.4. The summed E-state index contributed by atoms with van der Waals surface area (Å²) >= 11 is 3.27. The summed E-state index contributed by atoms with van der Waals surface area (Å²) in [5.74, 6) is 1.48. The molecule has 5 nitrogen and oxygen atoms in total. The fourth-order valence-corrected chi connectivity index (χ4v) is 4.83. The van der Waals surface area contributed by atoms with Crippen molar-refractivity contribution in [2.24, 2.45) is 0 Å². The highest BCUT2D eigenvalue weighted by Gasteiger charge is 2.31. The van der Waals surface area contributed by atoms with Crippen molar-refractivity contribution in [2.45, 2.75) is 17.9 Å². The summed E-state index contributed by atoms with van der Waals surface area (Å²) in [5, 5.41) is 0. The van der Waals surface area contributed by atoms with Crippen LogP contribution in [-0.4, -0.2) is 24.3 Å². The lowest BCUT2D eigenvalue weighted by atomic mass is 10.1. The quantitative estimate of drug-likeness (QED) is 0.647. The molecule has 0 aliphatic carbocycles. The molecule has 0 spiro atoms. The van der Waals surface area contributed by atoms with Gasteiger partial charge in [0.15, 0.2) is 0 Å². The molecule has 0 unspecified atom stereocenters. The number of nitrogens with zero attached hydrogens (tertiary/aromatic N) is 2. The van der Waals surface area contributed by atoms with Crippen LogP contribution in [0, 0.1) is 0 Å². The van der Waals surface area contributed by atoms with Crippen LogP contribution < -0.4 is 0 Å². The number of hydrogen-bond acceptors (Lipinski definition) is 4. The van der Waals surface area contributed by atoms with Gasteiger partial charge in [0.25, 0.3) is 0 Å². The van der Waals surface area contributed by atoms with E-state index in [-0.39, 0.29) is 11.4 Å². The number of pyridine rings is 1. The number of hydrogen-bond donors (Lipinski definition) is 0. The van der Waals surface area contributed by atoms with Crippen molar-refractivity contribution in [3.63, 3.8) is 0 Å². The largest absolute Gasteiger partial charge is 0.459 e. The second-order valence-electron chi connectivity index (χ2n) is 5.85. The van der Waals surface area contributed by atoms with Gasteiger partial charge in [0.05, 0.1) is 6.54 Å². The van der Waals surface area contributed by atoms with E-state index in [2.05, 4.69) is 20.9 Å². The summed E-state index contributed by atoms with van der Waals surface area (Å²) < 4.78 is 33.7. The van der Waals surface area contributed by atoms with Gasteiger partial charge in [-0.15, -0.1) is 0 Å². The maximum absolute atomic E-state index is 12.8. The van der Waals surface area contributed by atoms with Crippen LogP contribution in [0.25, 0.3) is 11.3 Å². The first-order chi connectivity index (χ1) is 12.0. The Morgan fingerprint density at radius 3 is 2.68 bits per heavy atom. The van der Waals surface area contributed by atoms with Crippen LogP contribution in [0.2, 0.25) is 0 Å². The lowest BCUT2D eigenvalue weighted by molar-refractivity contribution is 0.346. The standard InChI is InChI=1S/C18H15BrN2O3S/c19-15-9-16(11-20-10-15)25(22,23)21-7-6-14-8-17(24-18(14)12-21)13-4-2-1-3-5-13/h1-5,8-11H,6-7,12H2. The van der Waals surface area contributed by atoms with E-state index in [1.807, 2.05) is 36.4 Å². The first kappa shape index (κ1) is 16.5. The van der Waals surface area contributed by atoms with E-state index in [4.69, 9.17) is 4.42 Å². The van der Waals surface area contributed by atoms with Gasteiger partial charge in [0, 0.05) is 29.0 Å². The summed E-state index contributed by atoms with van der Waals surface area (Å²) in [4.78, 5) is 4.14. The number of benzene rings is 1. The zero-order valence-electron chi connectivity index (χ0n) is 13.2. The van der Waals surface area contributed by atoms with Gasteiger partial charge >= 0.3 is 0 Å². The summed E-state index contributed by atoms with van der Waals surface area (Å²) in [6.07, 6.45) is 3.56. The highest BCUT2D eigenvalue weighted by Crippen LogP contribution is 2.31. The predicted octanol–water partition coefficient (Wildman–Crippen LogP) is 3.85. The second-order valence-corrected chi connectivity index (χ2v) is 8.71. The van der Waals surface area contributed by atoms with Crippen LogP contribution in [0.3, 0.4) is 0 Å². The Morgan fingerprint density at radius 2 is 1.92 bits per heavy atom. The Hall–Kier alpha value is -1.96. The minimum absolute atomic E-state index is 0.181. The summed E-state index contributed by atoms with van der Waals surface area (Å²) in [5.41, 5.74) is 2.06. The molecule has 0 saturated carbocycles.